The summed E-state index contributed by atoms with van der Waals surface area (Å²) in [5.74, 6) is 2.06. The molecular formula is C27H33NO3. The van der Waals surface area contributed by atoms with Crippen molar-refractivity contribution in [1.82, 2.24) is 5.32 Å². The van der Waals surface area contributed by atoms with Crippen molar-refractivity contribution >= 4 is 0 Å². The Labute approximate surface area is 193 Å². The maximum absolute atomic E-state index is 8.57. The average molecular weight is 425 g/mol. The van der Waals surface area contributed by atoms with Crippen molar-refractivity contribution in [3.05, 3.63) is 89.4 Å². The molecule has 0 amide bonds. The first-order valence-electron chi connectivity index (χ1n) is 12.8. The zero-order chi connectivity index (χ0) is 26.5. The van der Waals surface area contributed by atoms with Crippen molar-refractivity contribution in [2.75, 3.05) is 27.9 Å². The summed E-state index contributed by atoms with van der Waals surface area (Å²) in [6.45, 7) is 2.43. The number of hydrogen-bond donors (Lipinski definition) is 1. The summed E-state index contributed by atoms with van der Waals surface area (Å²) < 4.78 is 57.4. The van der Waals surface area contributed by atoms with Gasteiger partial charge in [0.15, 0.2) is 11.5 Å². The minimum atomic E-state index is -0.871. The summed E-state index contributed by atoms with van der Waals surface area (Å²) in [5.41, 5.74) is 1.49. The Morgan fingerprint density at radius 1 is 0.806 bits per heavy atom. The van der Waals surface area contributed by atoms with Gasteiger partial charge in [-0.05, 0) is 73.7 Å². The standard InChI is InChI=1S/C27H33NO3/c1-27(23-8-6-5-7-9-23,18-16-21-10-13-24(29-2)14-11-21)28-19-17-22-12-15-25(30-3)26(20-22)31-4/h5-15,20,28H,16-19H2,1-4H3/i5D,6D,7D,8D,9D. The molecular weight excluding hydrogens is 386 g/mol. The molecule has 3 aromatic rings. The van der Waals surface area contributed by atoms with Gasteiger partial charge in [-0.3, -0.25) is 0 Å². The van der Waals surface area contributed by atoms with Crippen LogP contribution in [0.3, 0.4) is 0 Å². The zero-order valence-electron chi connectivity index (χ0n) is 23.6. The largest absolute Gasteiger partial charge is 0.497 e. The molecule has 1 atom stereocenters. The molecule has 4 nitrogen and oxygen atoms in total. The van der Waals surface area contributed by atoms with Crippen LogP contribution in [-0.4, -0.2) is 27.9 Å². The van der Waals surface area contributed by atoms with Crippen molar-refractivity contribution in [2.24, 2.45) is 0 Å². The molecule has 3 aromatic carbocycles. The van der Waals surface area contributed by atoms with Crippen LogP contribution in [0.2, 0.25) is 0 Å². The van der Waals surface area contributed by atoms with Crippen LogP contribution in [0.5, 0.6) is 17.2 Å². The van der Waals surface area contributed by atoms with Gasteiger partial charge in [0, 0.05) is 5.54 Å². The summed E-state index contributed by atoms with van der Waals surface area (Å²) in [7, 11) is 4.80. The highest BCUT2D eigenvalue weighted by Crippen LogP contribution is 2.29. The molecule has 164 valence electrons. The van der Waals surface area contributed by atoms with E-state index in [0.717, 1.165) is 16.9 Å². The Morgan fingerprint density at radius 3 is 2.13 bits per heavy atom. The number of rotatable bonds is 11. The first kappa shape index (κ1) is 16.7. The van der Waals surface area contributed by atoms with Crippen molar-refractivity contribution in [3.8, 4) is 17.2 Å². The number of nitrogens with one attached hydrogen (secondary N) is 1. The topological polar surface area (TPSA) is 39.7 Å². The normalized spacial score (nSPS) is 15.0. The molecule has 0 spiro atoms. The highest BCUT2D eigenvalue weighted by atomic mass is 16.5. The number of benzene rings is 3. The van der Waals surface area contributed by atoms with Crippen LogP contribution in [-0.2, 0) is 18.4 Å². The first-order valence-corrected chi connectivity index (χ1v) is 10.3. The maximum atomic E-state index is 8.57. The van der Waals surface area contributed by atoms with E-state index in [9.17, 15) is 0 Å². The number of methoxy groups -OCH3 is 3. The molecule has 0 heterocycles. The monoisotopic (exact) mass is 424 g/mol. The third-order valence-electron chi connectivity index (χ3n) is 5.50. The summed E-state index contributed by atoms with van der Waals surface area (Å²) in [6.07, 6.45) is 1.82. The molecule has 0 fully saturated rings. The van der Waals surface area contributed by atoms with Crippen LogP contribution in [0.25, 0.3) is 0 Å². The van der Waals surface area contributed by atoms with E-state index in [-0.39, 0.29) is 29.7 Å². The highest BCUT2D eigenvalue weighted by molar-refractivity contribution is 5.43. The van der Waals surface area contributed by atoms with Gasteiger partial charge in [-0.2, -0.15) is 0 Å². The molecule has 0 aromatic heterocycles. The van der Waals surface area contributed by atoms with Gasteiger partial charge in [0.05, 0.1) is 28.2 Å². The Hall–Kier alpha value is -2.98. The lowest BCUT2D eigenvalue weighted by atomic mass is 9.85. The van der Waals surface area contributed by atoms with Gasteiger partial charge in [0.2, 0.25) is 0 Å². The number of aryl methyl sites for hydroxylation is 1. The van der Waals surface area contributed by atoms with E-state index in [2.05, 4.69) is 5.32 Å². The van der Waals surface area contributed by atoms with Gasteiger partial charge < -0.3 is 19.5 Å². The van der Waals surface area contributed by atoms with E-state index in [1.165, 1.54) is 0 Å². The van der Waals surface area contributed by atoms with E-state index >= 15 is 0 Å². The van der Waals surface area contributed by atoms with Gasteiger partial charge in [-0.1, -0.05) is 48.4 Å². The summed E-state index contributed by atoms with van der Waals surface area (Å²) in [5, 5.41) is 3.51. The van der Waals surface area contributed by atoms with Gasteiger partial charge in [-0.25, -0.2) is 0 Å². The van der Waals surface area contributed by atoms with Crippen LogP contribution >= 0.6 is 0 Å². The second-order valence-corrected chi connectivity index (χ2v) is 7.55. The van der Waals surface area contributed by atoms with Crippen LogP contribution in [0, 0.1) is 0 Å². The fourth-order valence-electron chi connectivity index (χ4n) is 3.53. The Kier molecular flexibility index (Phi) is 5.85. The second kappa shape index (κ2) is 10.9. The van der Waals surface area contributed by atoms with E-state index in [0.29, 0.717) is 37.3 Å². The molecule has 3 rings (SSSR count). The molecule has 1 unspecified atom stereocenters. The Bertz CT molecular complexity index is 1170. The van der Waals surface area contributed by atoms with Crippen LogP contribution < -0.4 is 19.5 Å². The quantitative estimate of drug-likeness (QED) is 0.448. The van der Waals surface area contributed by atoms with Crippen molar-refractivity contribution in [3.63, 3.8) is 0 Å². The smallest absolute Gasteiger partial charge is 0.160 e. The first-order chi connectivity index (χ1) is 17.1. The number of ether oxygens (including phenoxy) is 3. The molecule has 0 bridgehead atoms. The lowest BCUT2D eigenvalue weighted by Gasteiger charge is -2.32. The fraction of sp³-hybridized carbons (Fsp3) is 0.333. The zero-order valence-corrected chi connectivity index (χ0v) is 18.6. The molecule has 0 aliphatic rings. The minimum Gasteiger partial charge on any atom is -0.497 e. The Balaban J connectivity index is 1.90. The van der Waals surface area contributed by atoms with E-state index < -0.39 is 11.6 Å². The van der Waals surface area contributed by atoms with Crippen LogP contribution in [0.1, 0.15) is 36.9 Å². The van der Waals surface area contributed by atoms with Gasteiger partial charge in [0.25, 0.3) is 0 Å². The highest BCUT2D eigenvalue weighted by Gasteiger charge is 2.25. The molecule has 0 saturated heterocycles. The predicted molar refractivity (Wildman–Crippen MR) is 126 cm³/mol. The molecule has 0 radical (unpaired) electrons. The summed E-state index contributed by atoms with van der Waals surface area (Å²) >= 11 is 0. The number of hydrogen-bond acceptors (Lipinski definition) is 4. The average Bonchev–Trinajstić information content (AvgIpc) is 2.90. The van der Waals surface area contributed by atoms with Crippen LogP contribution in [0.15, 0.2) is 72.7 Å². The minimum absolute atomic E-state index is 0.183. The van der Waals surface area contributed by atoms with E-state index in [4.69, 9.17) is 21.1 Å². The molecule has 0 aliphatic heterocycles. The molecule has 4 heteroatoms. The molecule has 1 N–H and O–H groups in total. The van der Waals surface area contributed by atoms with E-state index in [1.54, 1.807) is 21.3 Å². The lowest BCUT2D eigenvalue weighted by Crippen LogP contribution is -2.41. The third-order valence-corrected chi connectivity index (χ3v) is 5.50. The van der Waals surface area contributed by atoms with E-state index in [1.807, 2.05) is 49.4 Å². The van der Waals surface area contributed by atoms with Crippen molar-refractivity contribution in [2.45, 2.75) is 31.7 Å². The molecule has 0 saturated carbocycles. The van der Waals surface area contributed by atoms with Crippen LogP contribution in [0.4, 0.5) is 0 Å². The molecule has 31 heavy (non-hydrogen) atoms. The maximum Gasteiger partial charge on any atom is 0.160 e. The Morgan fingerprint density at radius 2 is 1.48 bits per heavy atom. The molecule has 0 aliphatic carbocycles. The lowest BCUT2D eigenvalue weighted by molar-refractivity contribution is 0.341. The SMILES string of the molecule is [2H]c1c([2H])c([2H])c(C(C)(CCc2ccc(OC)cc2)NCCc2ccc(OC)c(OC)c2)c([2H])c1[2H]. The van der Waals surface area contributed by atoms with Gasteiger partial charge in [0.1, 0.15) is 5.75 Å². The van der Waals surface area contributed by atoms with Gasteiger partial charge >= 0.3 is 0 Å². The second-order valence-electron chi connectivity index (χ2n) is 7.55. The summed E-state index contributed by atoms with van der Waals surface area (Å²) in [6, 6.07) is 12.0. The predicted octanol–water partition coefficient (Wildman–Crippen LogP) is 5.39. The van der Waals surface area contributed by atoms with Crippen molar-refractivity contribution in [1.29, 1.82) is 0 Å². The fourth-order valence-corrected chi connectivity index (χ4v) is 3.53. The van der Waals surface area contributed by atoms with Gasteiger partial charge in [-0.15, -0.1) is 0 Å². The van der Waals surface area contributed by atoms with Crippen molar-refractivity contribution < 1.29 is 21.1 Å². The summed E-state index contributed by atoms with van der Waals surface area (Å²) in [4.78, 5) is 0. The third kappa shape index (κ3) is 6.02.